The smallest absolute Gasteiger partial charge is 0.417 e. The van der Waals surface area contributed by atoms with Crippen molar-refractivity contribution in [1.29, 1.82) is 0 Å². The molecule has 0 aliphatic carbocycles. The van der Waals surface area contributed by atoms with Gasteiger partial charge in [-0.05, 0) is 0 Å². The van der Waals surface area contributed by atoms with Crippen molar-refractivity contribution in [2.45, 2.75) is 0 Å². The van der Waals surface area contributed by atoms with Gasteiger partial charge >= 0.3 is 11.9 Å². The molecule has 0 aromatic rings. The third-order valence-electron chi connectivity index (χ3n) is 0.499. The zero-order valence-electron chi connectivity index (χ0n) is 4.98. The summed E-state index contributed by atoms with van der Waals surface area (Å²) >= 11 is 0. The van der Waals surface area contributed by atoms with Gasteiger partial charge in [0.25, 0.3) is 0 Å². The molecule has 0 aliphatic heterocycles. The molecule has 0 saturated carbocycles. The molecule has 2 N–H and O–H groups in total. The summed E-state index contributed by atoms with van der Waals surface area (Å²) in [7, 11) is 0. The topological polar surface area (TPSA) is 83.8 Å². The van der Waals surface area contributed by atoms with E-state index in [9.17, 15) is 9.59 Å². The summed E-state index contributed by atoms with van der Waals surface area (Å²) in [5.74, 6) is -2.99. The van der Waals surface area contributed by atoms with Crippen molar-refractivity contribution < 1.29 is 46.9 Å². The number of aliphatic carboxylic acids is 1. The van der Waals surface area contributed by atoms with Crippen molar-refractivity contribution in [2.75, 3.05) is 13.2 Å². The van der Waals surface area contributed by atoms with Gasteiger partial charge in [0, 0.05) is 22.4 Å². The number of carboxylic acid groups (broad SMARTS) is 1. The molecule has 1 radical (unpaired) electrons. The minimum Gasteiger partial charge on any atom is -0.473 e. The van der Waals surface area contributed by atoms with Crippen LogP contribution in [0.2, 0.25) is 0 Å². The SMILES string of the molecule is O=C(O)C(=O)OCCO.[Nb]. The van der Waals surface area contributed by atoms with Crippen LogP contribution in [0.4, 0.5) is 0 Å². The number of rotatable bonds is 2. The Morgan fingerprint density at radius 3 is 2.20 bits per heavy atom. The maximum Gasteiger partial charge on any atom is 0.417 e. The average Bonchev–Trinajstić information content (AvgIpc) is 1.82. The first-order valence-electron chi connectivity index (χ1n) is 2.19. The van der Waals surface area contributed by atoms with Gasteiger partial charge in [-0.1, -0.05) is 0 Å². The molecule has 0 saturated heterocycles. The quantitative estimate of drug-likeness (QED) is 0.344. The largest absolute Gasteiger partial charge is 0.473 e. The first-order valence-corrected chi connectivity index (χ1v) is 2.19. The number of ether oxygens (including phenoxy) is 1. The van der Waals surface area contributed by atoms with E-state index in [1.54, 1.807) is 0 Å². The van der Waals surface area contributed by atoms with Crippen LogP contribution in [0.25, 0.3) is 0 Å². The Kier molecular flexibility index (Phi) is 8.33. The zero-order valence-corrected chi connectivity index (χ0v) is 7.18. The van der Waals surface area contributed by atoms with Crippen molar-refractivity contribution in [3.8, 4) is 0 Å². The summed E-state index contributed by atoms with van der Waals surface area (Å²) in [6.07, 6.45) is 0. The summed E-state index contributed by atoms with van der Waals surface area (Å²) in [6, 6.07) is 0. The van der Waals surface area contributed by atoms with Gasteiger partial charge in [0.1, 0.15) is 6.61 Å². The summed E-state index contributed by atoms with van der Waals surface area (Å²) < 4.78 is 3.96. The Balaban J connectivity index is 0. The Morgan fingerprint density at radius 2 is 1.90 bits per heavy atom. The fourth-order valence-electron chi connectivity index (χ4n) is 0.200. The molecular weight excluding hydrogens is 221 g/mol. The number of esters is 1. The van der Waals surface area contributed by atoms with Gasteiger partial charge < -0.3 is 14.9 Å². The van der Waals surface area contributed by atoms with Crippen LogP contribution in [0, 0.1) is 0 Å². The Hall–Kier alpha value is -0.360. The van der Waals surface area contributed by atoms with E-state index >= 15 is 0 Å². The van der Waals surface area contributed by atoms with Gasteiger partial charge in [-0.25, -0.2) is 9.59 Å². The molecule has 0 unspecified atom stereocenters. The minimum atomic E-state index is -1.65. The number of carbonyl (C=O) groups excluding carboxylic acids is 1. The van der Waals surface area contributed by atoms with Gasteiger partial charge in [0.15, 0.2) is 0 Å². The van der Waals surface area contributed by atoms with Crippen molar-refractivity contribution in [2.24, 2.45) is 0 Å². The second-order valence-corrected chi connectivity index (χ2v) is 1.16. The molecule has 0 heterocycles. The van der Waals surface area contributed by atoms with Crippen LogP contribution in [-0.2, 0) is 36.7 Å². The van der Waals surface area contributed by atoms with E-state index in [1.807, 2.05) is 0 Å². The Bertz CT molecular complexity index is 123. The van der Waals surface area contributed by atoms with Crippen LogP contribution >= 0.6 is 0 Å². The molecule has 0 fully saturated rings. The third kappa shape index (κ3) is 5.77. The summed E-state index contributed by atoms with van der Waals surface area (Å²) in [4.78, 5) is 19.6. The molecule has 5 nitrogen and oxygen atoms in total. The molecule has 0 bridgehead atoms. The first-order chi connectivity index (χ1) is 4.18. The van der Waals surface area contributed by atoms with Gasteiger partial charge in [-0.15, -0.1) is 0 Å². The monoisotopic (exact) mass is 227 g/mol. The summed E-state index contributed by atoms with van der Waals surface area (Å²) in [6.45, 7) is -0.635. The molecule has 0 aromatic carbocycles. The number of aliphatic hydroxyl groups is 1. The van der Waals surface area contributed by atoms with E-state index in [0.717, 1.165) is 0 Å². The van der Waals surface area contributed by atoms with Gasteiger partial charge in [-0.2, -0.15) is 0 Å². The van der Waals surface area contributed by atoms with E-state index < -0.39 is 11.9 Å². The third-order valence-corrected chi connectivity index (χ3v) is 0.499. The van der Waals surface area contributed by atoms with E-state index in [4.69, 9.17) is 10.2 Å². The fourth-order valence-corrected chi connectivity index (χ4v) is 0.200. The maximum atomic E-state index is 9.97. The molecule has 0 atom stereocenters. The number of hydrogen-bond acceptors (Lipinski definition) is 4. The van der Waals surface area contributed by atoms with Gasteiger partial charge in [-0.3, -0.25) is 0 Å². The molecule has 57 valence electrons. The van der Waals surface area contributed by atoms with E-state index in [2.05, 4.69) is 4.74 Å². The van der Waals surface area contributed by atoms with Crippen molar-refractivity contribution in [1.82, 2.24) is 0 Å². The molecule has 0 aromatic heterocycles. The van der Waals surface area contributed by atoms with E-state index in [0.29, 0.717) is 0 Å². The van der Waals surface area contributed by atoms with Crippen molar-refractivity contribution >= 4 is 11.9 Å². The molecular formula is C4H6NbO5. The van der Waals surface area contributed by atoms with Crippen LogP contribution in [0.5, 0.6) is 0 Å². The molecule has 0 rings (SSSR count). The number of hydrogen-bond donors (Lipinski definition) is 2. The second kappa shape index (κ2) is 6.76. The van der Waals surface area contributed by atoms with Crippen molar-refractivity contribution in [3.63, 3.8) is 0 Å². The van der Waals surface area contributed by atoms with E-state index in [1.165, 1.54) is 0 Å². The van der Waals surface area contributed by atoms with Crippen LogP contribution in [-0.4, -0.2) is 35.4 Å². The molecule has 0 aliphatic rings. The maximum absolute atomic E-state index is 9.97. The predicted octanol–water partition coefficient (Wildman–Crippen LogP) is -1.40. The number of carbonyl (C=O) groups is 2. The zero-order chi connectivity index (χ0) is 7.28. The van der Waals surface area contributed by atoms with E-state index in [-0.39, 0.29) is 35.6 Å². The molecule has 0 spiro atoms. The summed E-state index contributed by atoms with van der Waals surface area (Å²) in [5.41, 5.74) is 0. The Labute approximate surface area is 72.5 Å². The normalized spacial score (nSPS) is 7.70. The van der Waals surface area contributed by atoms with Crippen molar-refractivity contribution in [3.05, 3.63) is 0 Å². The average molecular weight is 227 g/mol. The molecule has 10 heavy (non-hydrogen) atoms. The Morgan fingerprint density at radius 1 is 1.40 bits per heavy atom. The van der Waals surface area contributed by atoms with Gasteiger partial charge in [0.05, 0.1) is 6.61 Å². The standard InChI is InChI=1S/C4H6O5.Nb/c5-1-2-9-4(8)3(6)7;/h5H,1-2H2,(H,6,7);. The van der Waals surface area contributed by atoms with Crippen LogP contribution in [0.15, 0.2) is 0 Å². The molecule has 6 heteroatoms. The second-order valence-electron chi connectivity index (χ2n) is 1.16. The summed E-state index contributed by atoms with van der Waals surface area (Å²) in [5, 5.41) is 15.9. The minimum absolute atomic E-state index is 0. The van der Waals surface area contributed by atoms with Gasteiger partial charge in [0.2, 0.25) is 0 Å². The first kappa shape index (κ1) is 12.3. The predicted molar refractivity (Wildman–Crippen MR) is 25.7 cm³/mol. The van der Waals surface area contributed by atoms with Crippen LogP contribution < -0.4 is 0 Å². The molecule has 0 amide bonds. The van der Waals surface area contributed by atoms with Crippen LogP contribution in [0.1, 0.15) is 0 Å². The fraction of sp³-hybridized carbons (Fsp3) is 0.500. The number of carboxylic acids is 1. The number of aliphatic hydroxyl groups excluding tert-OH is 1. The van der Waals surface area contributed by atoms with Crippen LogP contribution in [0.3, 0.4) is 0 Å².